The molecule has 0 radical (unpaired) electrons. The third-order valence-electron chi connectivity index (χ3n) is 3.93. The van der Waals surface area contributed by atoms with Gasteiger partial charge in [-0.25, -0.2) is 0 Å². The summed E-state index contributed by atoms with van der Waals surface area (Å²) >= 11 is 0. The van der Waals surface area contributed by atoms with E-state index in [4.69, 9.17) is 15.2 Å². The highest BCUT2D eigenvalue weighted by molar-refractivity contribution is 5.83. The molecule has 1 aliphatic heterocycles. The zero-order valence-corrected chi connectivity index (χ0v) is 13.0. The number of hydrogen-bond acceptors (Lipinski definition) is 4. The van der Waals surface area contributed by atoms with Gasteiger partial charge in [-0.3, -0.25) is 4.79 Å². The van der Waals surface area contributed by atoms with Crippen molar-refractivity contribution in [1.29, 1.82) is 0 Å². The van der Waals surface area contributed by atoms with Gasteiger partial charge in [0.05, 0.1) is 20.2 Å². The lowest BCUT2D eigenvalue weighted by Gasteiger charge is -2.40. The highest BCUT2D eigenvalue weighted by Crippen LogP contribution is 2.24. The number of benzene rings is 2. The Balaban J connectivity index is 1.53. The first-order valence-corrected chi connectivity index (χ1v) is 7.57. The van der Waals surface area contributed by atoms with Gasteiger partial charge in [-0.2, -0.15) is 0 Å². The fourth-order valence-corrected chi connectivity index (χ4v) is 2.56. The molecule has 1 fully saturated rings. The van der Waals surface area contributed by atoms with E-state index < -0.39 is 6.04 Å². The van der Waals surface area contributed by atoms with E-state index in [1.807, 2.05) is 54.6 Å². The monoisotopic (exact) mass is 312 g/mol. The van der Waals surface area contributed by atoms with Gasteiger partial charge in [-0.15, -0.1) is 0 Å². The summed E-state index contributed by atoms with van der Waals surface area (Å²) in [5.41, 5.74) is 6.86. The molecule has 1 amide bonds. The molecule has 1 saturated heterocycles. The van der Waals surface area contributed by atoms with Gasteiger partial charge in [0.1, 0.15) is 23.6 Å². The van der Waals surface area contributed by atoms with Gasteiger partial charge in [0.25, 0.3) is 0 Å². The van der Waals surface area contributed by atoms with Gasteiger partial charge in [0.15, 0.2) is 0 Å². The maximum absolute atomic E-state index is 12.3. The number of carbonyl (C=O) groups excluding carboxylic acids is 1. The molecule has 0 bridgehead atoms. The summed E-state index contributed by atoms with van der Waals surface area (Å²) in [4.78, 5) is 14.1. The van der Waals surface area contributed by atoms with Crippen molar-refractivity contribution in [3.63, 3.8) is 0 Å². The molecule has 2 aromatic carbocycles. The predicted octanol–water partition coefficient (Wildman–Crippen LogP) is 1.98. The third-order valence-corrected chi connectivity index (χ3v) is 3.93. The van der Waals surface area contributed by atoms with Crippen LogP contribution in [0.2, 0.25) is 0 Å². The summed E-state index contributed by atoms with van der Waals surface area (Å²) in [5.74, 6) is 1.43. The lowest BCUT2D eigenvalue weighted by atomic mass is 10.0. The van der Waals surface area contributed by atoms with E-state index in [0.717, 1.165) is 17.1 Å². The van der Waals surface area contributed by atoms with Gasteiger partial charge < -0.3 is 20.1 Å². The smallest absolute Gasteiger partial charge is 0.244 e. The van der Waals surface area contributed by atoms with Crippen molar-refractivity contribution < 1.29 is 14.3 Å². The molecule has 0 unspecified atom stereocenters. The number of nitrogens with zero attached hydrogens (tertiary/aromatic N) is 1. The van der Waals surface area contributed by atoms with Crippen molar-refractivity contribution in [2.45, 2.75) is 12.1 Å². The lowest BCUT2D eigenvalue weighted by molar-refractivity contribution is -0.141. The minimum Gasteiger partial charge on any atom is -0.497 e. The Bertz CT molecular complexity index is 669. The highest BCUT2D eigenvalue weighted by Gasteiger charge is 2.35. The third kappa shape index (κ3) is 3.46. The number of nitrogens with two attached hydrogens (primary N) is 1. The first-order valence-electron chi connectivity index (χ1n) is 7.57. The zero-order valence-electron chi connectivity index (χ0n) is 13.0. The summed E-state index contributed by atoms with van der Waals surface area (Å²) in [6, 6.07) is 16.2. The van der Waals surface area contributed by atoms with Crippen LogP contribution in [0.25, 0.3) is 0 Å². The molecule has 120 valence electrons. The summed E-state index contributed by atoms with van der Waals surface area (Å²) in [5, 5.41) is 0. The maximum atomic E-state index is 12.3. The molecule has 0 aromatic heterocycles. The van der Waals surface area contributed by atoms with Gasteiger partial charge in [0.2, 0.25) is 5.91 Å². The van der Waals surface area contributed by atoms with Gasteiger partial charge in [-0.05, 0) is 17.7 Å². The van der Waals surface area contributed by atoms with Gasteiger partial charge in [0, 0.05) is 6.07 Å². The Hall–Kier alpha value is -2.53. The summed E-state index contributed by atoms with van der Waals surface area (Å²) in [6.45, 7) is 1.10. The molecule has 0 aliphatic carbocycles. The Kier molecular flexibility index (Phi) is 4.48. The van der Waals surface area contributed by atoms with Crippen LogP contribution in [0.4, 0.5) is 0 Å². The second kappa shape index (κ2) is 6.71. The summed E-state index contributed by atoms with van der Waals surface area (Å²) < 4.78 is 11.0. The SMILES string of the molecule is COc1cccc(OC2CN(C(=O)[C@H](N)c3ccccc3)C2)c1. The van der Waals surface area contributed by atoms with E-state index in [-0.39, 0.29) is 12.0 Å². The van der Waals surface area contributed by atoms with Crippen LogP contribution in [0, 0.1) is 0 Å². The van der Waals surface area contributed by atoms with Crippen LogP contribution in [-0.2, 0) is 4.79 Å². The van der Waals surface area contributed by atoms with E-state index in [0.29, 0.717) is 13.1 Å². The number of likely N-dealkylation sites (tertiary alicyclic amines) is 1. The molecule has 1 atom stereocenters. The Morgan fingerprint density at radius 2 is 1.83 bits per heavy atom. The molecular formula is C18H20N2O3. The predicted molar refractivity (Wildman–Crippen MR) is 87.4 cm³/mol. The van der Waals surface area contributed by atoms with Crippen LogP contribution in [0.5, 0.6) is 11.5 Å². The molecular weight excluding hydrogens is 292 g/mol. The summed E-state index contributed by atoms with van der Waals surface area (Å²) in [7, 11) is 1.62. The van der Waals surface area contributed by atoms with Crippen molar-refractivity contribution in [3.8, 4) is 11.5 Å². The Morgan fingerprint density at radius 1 is 1.13 bits per heavy atom. The van der Waals surface area contributed by atoms with Crippen molar-refractivity contribution in [2.75, 3.05) is 20.2 Å². The minimum absolute atomic E-state index is 0.00553. The molecule has 2 aromatic rings. The molecule has 1 heterocycles. The second-order valence-electron chi connectivity index (χ2n) is 5.55. The number of methoxy groups -OCH3 is 1. The van der Waals surface area contributed by atoms with Crippen LogP contribution < -0.4 is 15.2 Å². The van der Waals surface area contributed by atoms with E-state index in [9.17, 15) is 4.79 Å². The lowest BCUT2D eigenvalue weighted by Crippen LogP contribution is -2.58. The van der Waals surface area contributed by atoms with E-state index in [1.165, 1.54) is 0 Å². The largest absolute Gasteiger partial charge is 0.497 e. The molecule has 1 aliphatic rings. The Labute approximate surface area is 135 Å². The molecule has 5 nitrogen and oxygen atoms in total. The van der Waals surface area contributed by atoms with Crippen LogP contribution in [-0.4, -0.2) is 37.1 Å². The van der Waals surface area contributed by atoms with Crippen LogP contribution in [0.3, 0.4) is 0 Å². The molecule has 2 N–H and O–H groups in total. The first-order chi connectivity index (χ1) is 11.2. The molecule has 5 heteroatoms. The maximum Gasteiger partial charge on any atom is 0.244 e. The van der Waals surface area contributed by atoms with Gasteiger partial charge >= 0.3 is 0 Å². The molecule has 3 rings (SSSR count). The van der Waals surface area contributed by atoms with Crippen LogP contribution in [0.15, 0.2) is 54.6 Å². The number of hydrogen-bond donors (Lipinski definition) is 1. The minimum atomic E-state index is -0.617. The van der Waals surface area contributed by atoms with Gasteiger partial charge in [-0.1, -0.05) is 36.4 Å². The van der Waals surface area contributed by atoms with Crippen molar-refractivity contribution in [2.24, 2.45) is 5.73 Å². The molecule has 23 heavy (non-hydrogen) atoms. The first kappa shape index (κ1) is 15.4. The van der Waals surface area contributed by atoms with Crippen molar-refractivity contribution in [3.05, 3.63) is 60.2 Å². The van der Waals surface area contributed by atoms with Crippen molar-refractivity contribution >= 4 is 5.91 Å². The van der Waals surface area contributed by atoms with E-state index in [1.54, 1.807) is 12.0 Å². The quantitative estimate of drug-likeness (QED) is 0.917. The van der Waals surface area contributed by atoms with E-state index in [2.05, 4.69) is 0 Å². The summed E-state index contributed by atoms with van der Waals surface area (Å²) in [6.07, 6.45) is -0.00553. The number of amides is 1. The Morgan fingerprint density at radius 3 is 2.52 bits per heavy atom. The zero-order chi connectivity index (χ0) is 16.2. The highest BCUT2D eigenvalue weighted by atomic mass is 16.5. The normalized spacial score (nSPS) is 15.7. The van der Waals surface area contributed by atoms with Crippen LogP contribution in [0.1, 0.15) is 11.6 Å². The standard InChI is InChI=1S/C18H20N2O3/c1-22-14-8-5-9-15(10-14)23-16-11-20(12-16)18(21)17(19)13-6-3-2-4-7-13/h2-10,16-17H,11-12,19H2,1H3/t17-/m1/s1. The second-order valence-corrected chi connectivity index (χ2v) is 5.55. The topological polar surface area (TPSA) is 64.8 Å². The number of ether oxygens (including phenoxy) is 2. The number of carbonyl (C=O) groups is 1. The van der Waals surface area contributed by atoms with Crippen LogP contribution >= 0.6 is 0 Å². The van der Waals surface area contributed by atoms with Crippen molar-refractivity contribution in [1.82, 2.24) is 4.90 Å². The number of rotatable bonds is 5. The van der Waals surface area contributed by atoms with E-state index >= 15 is 0 Å². The average Bonchev–Trinajstić information content (AvgIpc) is 2.57. The fraction of sp³-hybridized carbons (Fsp3) is 0.278. The molecule has 0 spiro atoms. The fourth-order valence-electron chi connectivity index (χ4n) is 2.56. The average molecular weight is 312 g/mol. The molecule has 0 saturated carbocycles.